The summed E-state index contributed by atoms with van der Waals surface area (Å²) in [4.78, 5) is 14.6. The van der Waals surface area contributed by atoms with Gasteiger partial charge in [-0.15, -0.1) is 13.2 Å². The quantitative estimate of drug-likeness (QED) is 0.815. The monoisotopic (exact) mass is 404 g/mol. The molecular weight excluding hydrogens is 381 g/mol. The van der Waals surface area contributed by atoms with Crippen LogP contribution in [0.4, 0.5) is 13.2 Å². The molecule has 7 heteroatoms. The van der Waals surface area contributed by atoms with E-state index in [0.29, 0.717) is 19.0 Å². The number of ether oxygens (including phenoxy) is 1. The van der Waals surface area contributed by atoms with Gasteiger partial charge in [0.25, 0.3) is 5.91 Å². The Morgan fingerprint density at radius 3 is 2.48 bits per heavy atom. The Morgan fingerprint density at radius 2 is 1.83 bits per heavy atom. The summed E-state index contributed by atoms with van der Waals surface area (Å²) in [6, 6.07) is 9.97. The van der Waals surface area contributed by atoms with Gasteiger partial charge < -0.3 is 15.0 Å². The van der Waals surface area contributed by atoms with Crippen LogP contribution in [0, 0.1) is 6.92 Å². The van der Waals surface area contributed by atoms with Crippen LogP contribution in [0.15, 0.2) is 36.4 Å². The fraction of sp³-hybridized carbons (Fsp3) is 0.409. The van der Waals surface area contributed by atoms with Gasteiger partial charge in [0.05, 0.1) is 0 Å². The number of fused-ring (bicyclic) bond motifs is 1. The number of rotatable bonds is 4. The van der Waals surface area contributed by atoms with Crippen LogP contribution in [-0.2, 0) is 13.1 Å². The highest BCUT2D eigenvalue weighted by Crippen LogP contribution is 2.33. The maximum atomic E-state index is 12.9. The molecule has 0 atom stereocenters. The number of carbonyl (C=O) groups is 1. The third-order valence-corrected chi connectivity index (χ3v) is 5.64. The van der Waals surface area contributed by atoms with Gasteiger partial charge >= 0.3 is 6.36 Å². The first kappa shape index (κ1) is 19.8. The van der Waals surface area contributed by atoms with E-state index in [1.807, 2.05) is 6.92 Å². The van der Waals surface area contributed by atoms with Crippen LogP contribution in [0.3, 0.4) is 0 Å². The average Bonchev–Trinajstić information content (AvgIpc) is 2.99. The van der Waals surface area contributed by atoms with E-state index < -0.39 is 6.36 Å². The summed E-state index contributed by atoms with van der Waals surface area (Å²) in [7, 11) is 0. The van der Waals surface area contributed by atoms with Crippen molar-refractivity contribution in [2.75, 3.05) is 13.1 Å². The van der Waals surface area contributed by atoms with Crippen molar-refractivity contribution in [2.45, 2.75) is 45.1 Å². The van der Waals surface area contributed by atoms with Crippen LogP contribution in [0.5, 0.6) is 5.75 Å². The molecule has 0 bridgehead atoms. The Morgan fingerprint density at radius 1 is 1.14 bits per heavy atom. The second-order valence-electron chi connectivity index (χ2n) is 7.75. The number of amides is 1. The molecule has 0 radical (unpaired) electrons. The zero-order valence-corrected chi connectivity index (χ0v) is 16.2. The molecule has 4 nitrogen and oxygen atoms in total. The first-order valence-corrected chi connectivity index (χ1v) is 9.78. The van der Waals surface area contributed by atoms with Gasteiger partial charge in [0.15, 0.2) is 0 Å². The predicted molar refractivity (Wildman–Crippen MR) is 103 cm³/mol. The lowest BCUT2D eigenvalue weighted by molar-refractivity contribution is -0.274. The SMILES string of the molecule is Cc1cc(C2CCNCC2)cc2c1C(=O)N(Cc1ccc(OC(F)(F)F)cc1)C2. The topological polar surface area (TPSA) is 41.6 Å². The molecule has 2 heterocycles. The summed E-state index contributed by atoms with van der Waals surface area (Å²) in [6.45, 7) is 4.88. The second-order valence-corrected chi connectivity index (χ2v) is 7.75. The summed E-state index contributed by atoms with van der Waals surface area (Å²) in [6.07, 6.45) is -2.51. The van der Waals surface area contributed by atoms with Crippen LogP contribution < -0.4 is 10.1 Å². The number of halogens is 3. The largest absolute Gasteiger partial charge is 0.573 e. The highest BCUT2D eigenvalue weighted by molar-refractivity contribution is 5.99. The number of benzene rings is 2. The number of carbonyl (C=O) groups excluding carboxylic acids is 1. The molecule has 0 spiro atoms. The van der Waals surface area contributed by atoms with Crippen LogP contribution in [0.1, 0.15) is 51.4 Å². The van der Waals surface area contributed by atoms with Gasteiger partial charge in [0.2, 0.25) is 0 Å². The third-order valence-electron chi connectivity index (χ3n) is 5.64. The van der Waals surface area contributed by atoms with E-state index in [4.69, 9.17) is 0 Å². The molecule has 1 N–H and O–H groups in total. The summed E-state index contributed by atoms with van der Waals surface area (Å²) in [5.74, 6) is 0.232. The molecule has 2 aliphatic rings. The fourth-order valence-electron chi connectivity index (χ4n) is 4.29. The molecular formula is C22H23F3N2O2. The van der Waals surface area contributed by atoms with E-state index in [1.54, 1.807) is 17.0 Å². The van der Waals surface area contributed by atoms with Gasteiger partial charge in [0.1, 0.15) is 5.75 Å². The van der Waals surface area contributed by atoms with E-state index >= 15 is 0 Å². The minimum atomic E-state index is -4.71. The van der Waals surface area contributed by atoms with Crippen LogP contribution in [0.25, 0.3) is 0 Å². The van der Waals surface area contributed by atoms with E-state index in [0.717, 1.165) is 48.2 Å². The third kappa shape index (κ3) is 4.40. The fourth-order valence-corrected chi connectivity index (χ4v) is 4.29. The van der Waals surface area contributed by atoms with Gasteiger partial charge in [-0.2, -0.15) is 0 Å². The number of alkyl halides is 3. The Bertz CT molecular complexity index is 904. The lowest BCUT2D eigenvalue weighted by atomic mass is 9.87. The van der Waals surface area contributed by atoms with Gasteiger partial charge in [-0.1, -0.05) is 24.3 Å². The molecule has 154 valence electrons. The average molecular weight is 404 g/mol. The van der Waals surface area contributed by atoms with E-state index in [1.165, 1.54) is 17.7 Å². The normalized spacial score (nSPS) is 17.5. The first-order valence-electron chi connectivity index (χ1n) is 9.78. The number of aryl methyl sites for hydroxylation is 1. The van der Waals surface area contributed by atoms with Crippen molar-refractivity contribution in [3.05, 3.63) is 64.2 Å². The molecule has 0 aliphatic carbocycles. The molecule has 29 heavy (non-hydrogen) atoms. The first-order chi connectivity index (χ1) is 13.8. The molecule has 2 aromatic carbocycles. The molecule has 0 aromatic heterocycles. The minimum absolute atomic E-state index is 0.0232. The zero-order valence-electron chi connectivity index (χ0n) is 16.2. The highest BCUT2D eigenvalue weighted by Gasteiger charge is 2.32. The zero-order chi connectivity index (χ0) is 20.6. The number of nitrogens with zero attached hydrogens (tertiary/aromatic N) is 1. The lowest BCUT2D eigenvalue weighted by Crippen LogP contribution is -2.26. The lowest BCUT2D eigenvalue weighted by Gasteiger charge is -2.24. The molecule has 0 unspecified atom stereocenters. The van der Waals surface area contributed by atoms with Crippen LogP contribution >= 0.6 is 0 Å². The summed E-state index contributed by atoms with van der Waals surface area (Å²) in [5, 5.41) is 3.38. The van der Waals surface area contributed by atoms with Gasteiger partial charge in [-0.3, -0.25) is 4.79 Å². The van der Waals surface area contributed by atoms with Crippen molar-refractivity contribution >= 4 is 5.91 Å². The maximum absolute atomic E-state index is 12.9. The Labute approximate surface area is 167 Å². The van der Waals surface area contributed by atoms with Gasteiger partial charge in [-0.05, 0) is 73.2 Å². The van der Waals surface area contributed by atoms with Crippen LogP contribution in [-0.4, -0.2) is 30.3 Å². The van der Waals surface area contributed by atoms with E-state index in [9.17, 15) is 18.0 Å². The Balaban J connectivity index is 1.48. The minimum Gasteiger partial charge on any atom is -0.406 e. The number of nitrogens with one attached hydrogen (secondary N) is 1. The molecule has 0 saturated carbocycles. The molecule has 2 aliphatic heterocycles. The molecule has 1 saturated heterocycles. The number of hydrogen-bond donors (Lipinski definition) is 1. The van der Waals surface area contributed by atoms with Gasteiger partial charge in [0, 0.05) is 18.7 Å². The smallest absolute Gasteiger partial charge is 0.406 e. The Hall–Kier alpha value is -2.54. The molecule has 1 fully saturated rings. The number of hydrogen-bond acceptors (Lipinski definition) is 3. The highest BCUT2D eigenvalue weighted by atomic mass is 19.4. The molecule has 4 rings (SSSR count). The standard InChI is InChI=1S/C22H23F3N2O2/c1-14-10-17(16-6-8-26-9-7-16)11-18-13-27(21(28)20(14)18)12-15-2-4-19(5-3-15)29-22(23,24)25/h2-5,10-11,16,26H,6-9,12-13H2,1H3. The summed E-state index contributed by atoms with van der Waals surface area (Å²) < 4.78 is 40.8. The van der Waals surface area contributed by atoms with Crippen LogP contribution in [0.2, 0.25) is 0 Å². The van der Waals surface area contributed by atoms with Crippen molar-refractivity contribution in [3.8, 4) is 5.75 Å². The number of piperidine rings is 1. The molecule has 1 amide bonds. The second kappa shape index (κ2) is 7.71. The Kier molecular flexibility index (Phi) is 5.25. The van der Waals surface area contributed by atoms with E-state index in [2.05, 4.69) is 22.2 Å². The summed E-state index contributed by atoms with van der Waals surface area (Å²) >= 11 is 0. The maximum Gasteiger partial charge on any atom is 0.573 e. The molecule has 2 aromatic rings. The van der Waals surface area contributed by atoms with Crippen molar-refractivity contribution in [1.29, 1.82) is 0 Å². The van der Waals surface area contributed by atoms with Crippen molar-refractivity contribution < 1.29 is 22.7 Å². The predicted octanol–water partition coefficient (Wildman–Crippen LogP) is 4.52. The van der Waals surface area contributed by atoms with Gasteiger partial charge in [-0.25, -0.2) is 0 Å². The van der Waals surface area contributed by atoms with E-state index in [-0.39, 0.29) is 11.7 Å². The van der Waals surface area contributed by atoms with Crippen molar-refractivity contribution in [1.82, 2.24) is 10.2 Å². The van der Waals surface area contributed by atoms with Crippen molar-refractivity contribution in [3.63, 3.8) is 0 Å². The van der Waals surface area contributed by atoms with Crippen molar-refractivity contribution in [2.24, 2.45) is 0 Å². The summed E-state index contributed by atoms with van der Waals surface area (Å²) in [5.41, 5.74) is 4.86.